The van der Waals surface area contributed by atoms with Crippen LogP contribution in [-0.4, -0.2) is 25.4 Å². The number of likely N-dealkylation sites (N-methyl/N-ethyl adjacent to an activating group) is 2. The van der Waals surface area contributed by atoms with Crippen LogP contribution in [0.15, 0.2) is 59.8 Å². The Balaban J connectivity index is 1.91. The van der Waals surface area contributed by atoms with E-state index in [0.29, 0.717) is 0 Å². The molecule has 0 saturated carbocycles. The van der Waals surface area contributed by atoms with E-state index in [2.05, 4.69) is 34.9 Å². The summed E-state index contributed by atoms with van der Waals surface area (Å²) in [7, 11) is 3.85. The van der Waals surface area contributed by atoms with Crippen LogP contribution in [-0.2, 0) is 6.42 Å². The van der Waals surface area contributed by atoms with E-state index in [0.717, 1.165) is 35.2 Å². The van der Waals surface area contributed by atoms with Crippen molar-refractivity contribution in [1.29, 1.82) is 0 Å². The second-order valence-electron chi connectivity index (χ2n) is 5.57. The fraction of sp³-hybridized carbons (Fsp3) is 0.278. The predicted octanol–water partition coefficient (Wildman–Crippen LogP) is 2.37. The first-order chi connectivity index (χ1) is 10.2. The molecule has 0 fully saturated rings. The molecule has 108 valence electrons. The lowest BCUT2D eigenvalue weighted by Gasteiger charge is -2.29. The fourth-order valence-electron chi connectivity index (χ4n) is 2.99. The first-order valence-electron chi connectivity index (χ1n) is 7.28. The van der Waals surface area contributed by atoms with E-state index in [-0.39, 0.29) is 11.3 Å². The number of ketones is 1. The molecule has 1 atom stereocenters. The van der Waals surface area contributed by atoms with Gasteiger partial charge >= 0.3 is 0 Å². The van der Waals surface area contributed by atoms with E-state index < -0.39 is 0 Å². The number of benzene rings is 1. The molecule has 3 rings (SSSR count). The summed E-state index contributed by atoms with van der Waals surface area (Å²) in [6, 6.07) is 7.87. The largest absolute Gasteiger partial charge is 0.388 e. The average molecular weight is 280 g/mol. The van der Waals surface area contributed by atoms with Gasteiger partial charge in [0.2, 0.25) is 0 Å². The summed E-state index contributed by atoms with van der Waals surface area (Å²) in [5.74, 6) is 0.164. The Morgan fingerprint density at radius 2 is 2.05 bits per heavy atom. The molecule has 0 aliphatic heterocycles. The van der Waals surface area contributed by atoms with Crippen molar-refractivity contribution in [2.45, 2.75) is 18.4 Å². The molecule has 0 amide bonds. The van der Waals surface area contributed by atoms with E-state index in [1.54, 1.807) is 0 Å². The number of allylic oxidation sites excluding steroid dienone is 2. The lowest BCUT2D eigenvalue weighted by molar-refractivity contribution is 0.103. The molecule has 0 saturated heterocycles. The number of hydrogen-bond acceptors (Lipinski definition) is 3. The van der Waals surface area contributed by atoms with Gasteiger partial charge in [0.25, 0.3) is 0 Å². The minimum atomic E-state index is -0.270. The van der Waals surface area contributed by atoms with E-state index in [4.69, 9.17) is 0 Å². The van der Waals surface area contributed by atoms with Gasteiger partial charge in [0.15, 0.2) is 5.78 Å². The zero-order valence-corrected chi connectivity index (χ0v) is 12.4. The zero-order chi connectivity index (χ0) is 14.9. The van der Waals surface area contributed by atoms with E-state index in [9.17, 15) is 4.79 Å². The van der Waals surface area contributed by atoms with Gasteiger partial charge in [-0.25, -0.2) is 0 Å². The van der Waals surface area contributed by atoms with Gasteiger partial charge in [0.05, 0.1) is 5.54 Å². The lowest BCUT2D eigenvalue weighted by atomic mass is 9.87. The molecular formula is C18H20N2O. The molecule has 1 aromatic rings. The number of hydrogen-bond donors (Lipinski definition) is 2. The summed E-state index contributed by atoms with van der Waals surface area (Å²) in [4.78, 5) is 12.5. The molecule has 0 radical (unpaired) electrons. The topological polar surface area (TPSA) is 41.1 Å². The van der Waals surface area contributed by atoms with Gasteiger partial charge < -0.3 is 10.6 Å². The molecule has 2 aliphatic rings. The van der Waals surface area contributed by atoms with Crippen molar-refractivity contribution >= 4 is 5.78 Å². The number of nitrogens with one attached hydrogen (secondary N) is 2. The molecule has 0 bridgehead atoms. The van der Waals surface area contributed by atoms with Crippen LogP contribution < -0.4 is 10.6 Å². The van der Waals surface area contributed by atoms with Crippen LogP contribution in [0.25, 0.3) is 0 Å². The molecule has 21 heavy (non-hydrogen) atoms. The highest BCUT2D eigenvalue weighted by molar-refractivity contribution is 6.13. The van der Waals surface area contributed by atoms with Gasteiger partial charge in [0.1, 0.15) is 0 Å². The summed E-state index contributed by atoms with van der Waals surface area (Å²) < 4.78 is 0. The molecule has 3 heteroatoms. The van der Waals surface area contributed by atoms with Gasteiger partial charge in [-0.05, 0) is 25.1 Å². The summed E-state index contributed by atoms with van der Waals surface area (Å²) >= 11 is 0. The molecule has 0 aromatic heterocycles. The van der Waals surface area contributed by atoms with E-state index in [1.165, 1.54) is 0 Å². The van der Waals surface area contributed by atoms with E-state index in [1.807, 2.05) is 38.4 Å². The van der Waals surface area contributed by atoms with Crippen molar-refractivity contribution in [3.8, 4) is 0 Å². The van der Waals surface area contributed by atoms with Crippen LogP contribution in [0.5, 0.6) is 0 Å². The van der Waals surface area contributed by atoms with Gasteiger partial charge in [0, 0.05) is 30.3 Å². The van der Waals surface area contributed by atoms with Crippen LogP contribution >= 0.6 is 0 Å². The number of fused-ring (bicyclic) bond motifs is 1. The number of Topliss-reactive ketones (excluding diaryl/α,β-unsaturated/α-hetero) is 1. The maximum absolute atomic E-state index is 12.5. The van der Waals surface area contributed by atoms with Gasteiger partial charge in [-0.2, -0.15) is 0 Å². The Labute approximate surface area is 125 Å². The predicted molar refractivity (Wildman–Crippen MR) is 85.2 cm³/mol. The van der Waals surface area contributed by atoms with E-state index >= 15 is 0 Å². The maximum atomic E-state index is 12.5. The third kappa shape index (κ3) is 2.45. The minimum Gasteiger partial charge on any atom is -0.388 e. The first kappa shape index (κ1) is 13.8. The normalized spacial score (nSPS) is 25.9. The standard InChI is InChI=1S/C18H20N2O/c1-19-15-7-9-18(20-2,10-8-15)12-14-11-13-5-3-4-6-16(13)17(14)21/h3-9,12,19-20H,10-11H2,1-2H3. The lowest BCUT2D eigenvalue weighted by Crippen LogP contribution is -2.40. The van der Waals surface area contributed by atoms with Crippen molar-refractivity contribution in [2.75, 3.05) is 14.1 Å². The number of rotatable bonds is 3. The Hall–Kier alpha value is -2.13. The highest BCUT2D eigenvalue weighted by atomic mass is 16.1. The van der Waals surface area contributed by atoms with Gasteiger partial charge in [-0.3, -0.25) is 4.79 Å². The summed E-state index contributed by atoms with van der Waals surface area (Å²) in [6.45, 7) is 0. The molecule has 2 N–H and O–H groups in total. The molecule has 0 heterocycles. The molecule has 2 aliphatic carbocycles. The second-order valence-corrected chi connectivity index (χ2v) is 5.57. The third-order valence-electron chi connectivity index (χ3n) is 4.34. The minimum absolute atomic E-state index is 0.164. The summed E-state index contributed by atoms with van der Waals surface area (Å²) in [5.41, 5.74) is 3.71. The van der Waals surface area contributed by atoms with Crippen molar-refractivity contribution in [3.05, 3.63) is 71.0 Å². The second kappa shape index (κ2) is 5.34. The highest BCUT2D eigenvalue weighted by Gasteiger charge is 2.30. The molecule has 3 nitrogen and oxygen atoms in total. The van der Waals surface area contributed by atoms with Crippen molar-refractivity contribution in [1.82, 2.24) is 10.6 Å². The van der Waals surface area contributed by atoms with Crippen LogP contribution in [0.1, 0.15) is 22.3 Å². The average Bonchev–Trinajstić information content (AvgIpc) is 2.84. The van der Waals surface area contributed by atoms with Gasteiger partial charge in [-0.15, -0.1) is 0 Å². The van der Waals surface area contributed by atoms with Crippen LogP contribution in [0.2, 0.25) is 0 Å². The molecular weight excluding hydrogens is 260 g/mol. The third-order valence-corrected chi connectivity index (χ3v) is 4.34. The Morgan fingerprint density at radius 3 is 2.67 bits per heavy atom. The van der Waals surface area contributed by atoms with Crippen molar-refractivity contribution in [2.24, 2.45) is 0 Å². The zero-order valence-electron chi connectivity index (χ0n) is 12.4. The fourth-order valence-corrected chi connectivity index (χ4v) is 2.99. The van der Waals surface area contributed by atoms with Crippen LogP contribution in [0.3, 0.4) is 0 Å². The maximum Gasteiger partial charge on any atom is 0.189 e. The quantitative estimate of drug-likeness (QED) is 0.835. The Bertz CT molecular complexity index is 670. The summed E-state index contributed by atoms with van der Waals surface area (Å²) in [5, 5.41) is 6.49. The molecule has 0 spiro atoms. The van der Waals surface area contributed by atoms with Crippen LogP contribution in [0, 0.1) is 0 Å². The smallest absolute Gasteiger partial charge is 0.189 e. The van der Waals surface area contributed by atoms with Crippen molar-refractivity contribution < 1.29 is 4.79 Å². The van der Waals surface area contributed by atoms with Crippen molar-refractivity contribution in [3.63, 3.8) is 0 Å². The first-order valence-corrected chi connectivity index (χ1v) is 7.28. The van der Waals surface area contributed by atoms with Gasteiger partial charge in [-0.1, -0.05) is 42.5 Å². The summed E-state index contributed by atoms with van der Waals surface area (Å²) in [6.07, 6.45) is 10.00. The monoisotopic (exact) mass is 280 g/mol. The molecule has 1 unspecified atom stereocenters. The number of carbonyl (C=O) groups excluding carboxylic acids is 1. The van der Waals surface area contributed by atoms with Crippen LogP contribution in [0.4, 0.5) is 0 Å². The highest BCUT2D eigenvalue weighted by Crippen LogP contribution is 2.30. The SMILES string of the molecule is CNC1=CCC(C=C2Cc3ccccc3C2=O)(NC)C=C1. The molecule has 1 aromatic carbocycles. The Kier molecular flexibility index (Phi) is 3.52. The number of carbonyl (C=O) groups is 1. The Morgan fingerprint density at radius 1 is 1.24 bits per heavy atom.